The molecule has 0 atom stereocenters. The van der Waals surface area contributed by atoms with Gasteiger partial charge < -0.3 is 10.5 Å². The van der Waals surface area contributed by atoms with Gasteiger partial charge in [0.05, 0.1) is 11.5 Å². The Kier molecular flexibility index (Phi) is 5.78. The lowest BCUT2D eigenvalue weighted by atomic mass is 9.82. The van der Waals surface area contributed by atoms with Gasteiger partial charge >= 0.3 is 6.09 Å². The number of benzene rings is 2. The zero-order valence-corrected chi connectivity index (χ0v) is 15.4. The number of amides is 1. The zero-order valence-electron chi connectivity index (χ0n) is 14.6. The Hall–Kier alpha value is -2.12. The number of rotatable bonds is 6. The molecular formula is C19H24N2O4S. The van der Waals surface area contributed by atoms with Gasteiger partial charge in [-0.3, -0.25) is 0 Å². The van der Waals surface area contributed by atoms with E-state index in [2.05, 4.69) is 4.72 Å². The summed E-state index contributed by atoms with van der Waals surface area (Å²) in [6.45, 7) is 0.777. The Morgan fingerprint density at radius 3 is 2.42 bits per heavy atom. The smallest absolute Gasteiger partial charge is 0.404 e. The van der Waals surface area contributed by atoms with Crippen LogP contribution >= 0.6 is 0 Å². The summed E-state index contributed by atoms with van der Waals surface area (Å²) < 4.78 is 33.1. The van der Waals surface area contributed by atoms with Gasteiger partial charge in [0.1, 0.15) is 0 Å². The molecule has 6 nitrogen and oxygen atoms in total. The summed E-state index contributed by atoms with van der Waals surface area (Å²) in [4.78, 5) is 11.0. The Balaban J connectivity index is 1.58. The van der Waals surface area contributed by atoms with E-state index in [1.54, 1.807) is 12.1 Å². The fraction of sp³-hybridized carbons (Fsp3) is 0.421. The molecule has 0 radical (unpaired) electrons. The average Bonchev–Trinajstić information content (AvgIpc) is 2.65. The second kappa shape index (κ2) is 8.05. The molecular weight excluding hydrogens is 352 g/mol. The van der Waals surface area contributed by atoms with Crippen LogP contribution in [0.15, 0.2) is 47.4 Å². The highest BCUT2D eigenvalue weighted by molar-refractivity contribution is 7.89. The van der Waals surface area contributed by atoms with Crippen molar-refractivity contribution in [3.63, 3.8) is 0 Å². The highest BCUT2D eigenvalue weighted by atomic mass is 32.2. The number of carbonyl (C=O) groups excluding carboxylic acids is 1. The molecule has 1 amide bonds. The maximum Gasteiger partial charge on any atom is 0.404 e. The van der Waals surface area contributed by atoms with Crippen molar-refractivity contribution in [2.24, 2.45) is 17.6 Å². The van der Waals surface area contributed by atoms with E-state index in [9.17, 15) is 13.2 Å². The second-order valence-electron chi connectivity index (χ2n) is 6.85. The van der Waals surface area contributed by atoms with E-state index in [0.717, 1.165) is 36.5 Å². The Labute approximate surface area is 153 Å². The van der Waals surface area contributed by atoms with Gasteiger partial charge in [0, 0.05) is 11.9 Å². The number of nitrogens with one attached hydrogen (secondary N) is 1. The van der Waals surface area contributed by atoms with E-state index in [-0.39, 0.29) is 0 Å². The topological polar surface area (TPSA) is 98.5 Å². The lowest BCUT2D eigenvalue weighted by Crippen LogP contribution is -2.32. The number of carbonyl (C=O) groups is 1. The van der Waals surface area contributed by atoms with Crippen molar-refractivity contribution in [2.75, 3.05) is 13.2 Å². The molecule has 0 aromatic heterocycles. The number of hydrogen-bond acceptors (Lipinski definition) is 4. The highest BCUT2D eigenvalue weighted by Crippen LogP contribution is 2.29. The molecule has 0 bridgehead atoms. The molecule has 3 rings (SSSR count). The molecule has 1 aliphatic rings. The SMILES string of the molecule is NC(=O)OC[C@H]1CC[C@H](CNS(=O)(=O)c2cccc3ccccc23)CC1. The van der Waals surface area contributed by atoms with Crippen LogP contribution in [0.4, 0.5) is 4.79 Å². The number of ether oxygens (including phenoxy) is 1. The van der Waals surface area contributed by atoms with Gasteiger partial charge in [0.2, 0.25) is 10.0 Å². The van der Waals surface area contributed by atoms with E-state index in [0.29, 0.717) is 29.9 Å². The highest BCUT2D eigenvalue weighted by Gasteiger charge is 2.24. The summed E-state index contributed by atoms with van der Waals surface area (Å²) in [7, 11) is -3.56. The summed E-state index contributed by atoms with van der Waals surface area (Å²) in [6, 6.07) is 12.8. The average molecular weight is 376 g/mol. The molecule has 0 unspecified atom stereocenters. The molecule has 0 heterocycles. The van der Waals surface area contributed by atoms with Crippen molar-refractivity contribution in [1.29, 1.82) is 0 Å². The summed E-state index contributed by atoms with van der Waals surface area (Å²) in [5.74, 6) is 0.609. The first-order valence-corrected chi connectivity index (χ1v) is 10.3. The fourth-order valence-corrected chi connectivity index (χ4v) is 4.88. The molecule has 7 heteroatoms. The maximum absolute atomic E-state index is 12.7. The summed E-state index contributed by atoms with van der Waals surface area (Å²) in [6.07, 6.45) is 2.90. The number of nitrogens with two attached hydrogens (primary N) is 1. The summed E-state index contributed by atoms with van der Waals surface area (Å²) in [5.41, 5.74) is 4.99. The first-order valence-electron chi connectivity index (χ1n) is 8.85. The van der Waals surface area contributed by atoms with Crippen LogP contribution in [0.5, 0.6) is 0 Å². The van der Waals surface area contributed by atoms with Crippen LogP contribution < -0.4 is 10.5 Å². The molecule has 26 heavy (non-hydrogen) atoms. The van der Waals surface area contributed by atoms with Crippen molar-refractivity contribution < 1.29 is 17.9 Å². The van der Waals surface area contributed by atoms with Gasteiger partial charge in [-0.15, -0.1) is 0 Å². The minimum Gasteiger partial charge on any atom is -0.449 e. The number of primary amides is 1. The van der Waals surface area contributed by atoms with E-state index in [4.69, 9.17) is 10.5 Å². The Morgan fingerprint density at radius 2 is 1.69 bits per heavy atom. The zero-order chi connectivity index (χ0) is 18.6. The number of hydrogen-bond donors (Lipinski definition) is 2. The first-order chi connectivity index (χ1) is 12.5. The van der Waals surface area contributed by atoms with Crippen LogP contribution in [0.25, 0.3) is 10.8 Å². The minimum atomic E-state index is -3.56. The molecule has 0 saturated heterocycles. The molecule has 1 fully saturated rings. The molecule has 1 saturated carbocycles. The lowest BCUT2D eigenvalue weighted by molar-refractivity contribution is 0.117. The van der Waals surface area contributed by atoms with Crippen molar-refractivity contribution in [3.05, 3.63) is 42.5 Å². The standard InChI is InChI=1S/C19H24N2O4S/c20-19(22)25-13-15-10-8-14(9-11-15)12-21-26(23,24)18-7-3-5-16-4-1-2-6-17(16)18/h1-7,14-15,21H,8-13H2,(H2,20,22)/t14-,15-. The minimum absolute atomic E-state index is 0.296. The van der Waals surface area contributed by atoms with Crippen LogP contribution in [0.1, 0.15) is 25.7 Å². The molecule has 0 aliphatic heterocycles. The van der Waals surface area contributed by atoms with Crippen LogP contribution in [0.2, 0.25) is 0 Å². The number of sulfonamides is 1. The summed E-state index contributed by atoms with van der Waals surface area (Å²) in [5, 5.41) is 1.64. The molecule has 1 aliphatic carbocycles. The van der Waals surface area contributed by atoms with Gasteiger partial charge in [-0.25, -0.2) is 17.9 Å². The van der Waals surface area contributed by atoms with Crippen LogP contribution in [-0.4, -0.2) is 27.7 Å². The quantitative estimate of drug-likeness (QED) is 0.809. The van der Waals surface area contributed by atoms with Crippen LogP contribution in [-0.2, 0) is 14.8 Å². The van der Waals surface area contributed by atoms with E-state index in [1.807, 2.05) is 30.3 Å². The predicted molar refractivity (Wildman–Crippen MR) is 100 cm³/mol. The lowest BCUT2D eigenvalue weighted by Gasteiger charge is -2.28. The van der Waals surface area contributed by atoms with Crippen molar-refractivity contribution >= 4 is 26.9 Å². The Bertz CT molecular complexity index is 869. The Morgan fingerprint density at radius 1 is 1.04 bits per heavy atom. The largest absolute Gasteiger partial charge is 0.449 e. The molecule has 3 N–H and O–H groups in total. The van der Waals surface area contributed by atoms with Gasteiger partial charge in [0.25, 0.3) is 0 Å². The normalized spacial score (nSPS) is 20.8. The van der Waals surface area contributed by atoms with E-state index < -0.39 is 16.1 Å². The maximum atomic E-state index is 12.7. The van der Waals surface area contributed by atoms with Crippen molar-refractivity contribution in [1.82, 2.24) is 4.72 Å². The third kappa shape index (κ3) is 4.53. The monoisotopic (exact) mass is 376 g/mol. The van der Waals surface area contributed by atoms with Gasteiger partial charge in [0.15, 0.2) is 0 Å². The van der Waals surface area contributed by atoms with Gasteiger partial charge in [-0.1, -0.05) is 36.4 Å². The first kappa shape index (κ1) is 18.7. The van der Waals surface area contributed by atoms with Gasteiger partial charge in [-0.05, 0) is 49.0 Å². The van der Waals surface area contributed by atoms with E-state index in [1.165, 1.54) is 0 Å². The predicted octanol–water partition coefficient (Wildman–Crippen LogP) is 3.02. The summed E-state index contributed by atoms with van der Waals surface area (Å²) >= 11 is 0. The number of fused-ring (bicyclic) bond motifs is 1. The fourth-order valence-electron chi connectivity index (χ4n) is 3.54. The van der Waals surface area contributed by atoms with Crippen molar-refractivity contribution in [3.8, 4) is 0 Å². The van der Waals surface area contributed by atoms with Crippen molar-refractivity contribution in [2.45, 2.75) is 30.6 Å². The second-order valence-corrected chi connectivity index (χ2v) is 8.58. The molecule has 2 aromatic rings. The molecule has 0 spiro atoms. The van der Waals surface area contributed by atoms with E-state index >= 15 is 0 Å². The molecule has 140 valence electrons. The van der Waals surface area contributed by atoms with Crippen LogP contribution in [0.3, 0.4) is 0 Å². The van der Waals surface area contributed by atoms with Gasteiger partial charge in [-0.2, -0.15) is 0 Å². The third-order valence-electron chi connectivity index (χ3n) is 5.03. The van der Waals surface area contributed by atoms with Crippen LogP contribution in [0, 0.1) is 11.8 Å². The molecule has 2 aromatic carbocycles. The third-order valence-corrected chi connectivity index (χ3v) is 6.51.